The molecular formula is C14H17NO3. The second kappa shape index (κ2) is 5.78. The Labute approximate surface area is 106 Å². The fourth-order valence-electron chi connectivity index (χ4n) is 2.24. The number of benzene rings is 1. The minimum atomic E-state index is -0.407. The highest BCUT2D eigenvalue weighted by Crippen LogP contribution is 2.19. The summed E-state index contributed by atoms with van der Waals surface area (Å²) in [7, 11) is 1.34. The van der Waals surface area contributed by atoms with Crippen LogP contribution >= 0.6 is 0 Å². The van der Waals surface area contributed by atoms with Crippen LogP contribution in [0.15, 0.2) is 24.3 Å². The topological polar surface area (TPSA) is 55.4 Å². The number of piperidine rings is 1. The third-order valence-electron chi connectivity index (χ3n) is 3.28. The second-order valence-electron chi connectivity index (χ2n) is 4.46. The van der Waals surface area contributed by atoms with E-state index in [1.54, 1.807) is 24.3 Å². The SMILES string of the molecule is COC(=O)c1cccc(C(=O)C2CCNCC2)c1. The lowest BCUT2D eigenvalue weighted by molar-refractivity contribution is 0.0600. The molecule has 0 atom stereocenters. The van der Waals surface area contributed by atoms with Gasteiger partial charge in [-0.25, -0.2) is 4.79 Å². The van der Waals surface area contributed by atoms with E-state index >= 15 is 0 Å². The maximum absolute atomic E-state index is 12.3. The number of hydrogen-bond acceptors (Lipinski definition) is 4. The molecule has 2 rings (SSSR count). The number of carbonyl (C=O) groups is 2. The lowest BCUT2D eigenvalue weighted by Crippen LogP contribution is -2.31. The zero-order chi connectivity index (χ0) is 13.0. The normalized spacial score (nSPS) is 16.3. The first-order valence-corrected chi connectivity index (χ1v) is 6.15. The molecule has 1 aliphatic heterocycles. The molecule has 96 valence electrons. The van der Waals surface area contributed by atoms with E-state index in [-0.39, 0.29) is 11.7 Å². The van der Waals surface area contributed by atoms with Crippen LogP contribution in [0, 0.1) is 5.92 Å². The van der Waals surface area contributed by atoms with Crippen molar-refractivity contribution in [3.8, 4) is 0 Å². The molecule has 4 heteroatoms. The number of Topliss-reactive ketones (excluding diaryl/α,β-unsaturated/α-hetero) is 1. The second-order valence-corrected chi connectivity index (χ2v) is 4.46. The molecule has 0 saturated carbocycles. The molecule has 0 radical (unpaired) electrons. The highest BCUT2D eigenvalue weighted by atomic mass is 16.5. The largest absolute Gasteiger partial charge is 0.465 e. The molecule has 1 aromatic rings. The standard InChI is InChI=1S/C14H17NO3/c1-18-14(17)12-4-2-3-11(9-12)13(16)10-5-7-15-8-6-10/h2-4,9-10,15H,5-8H2,1H3. The average Bonchev–Trinajstić information content (AvgIpc) is 2.46. The van der Waals surface area contributed by atoms with Gasteiger partial charge in [0.2, 0.25) is 0 Å². The van der Waals surface area contributed by atoms with E-state index in [9.17, 15) is 9.59 Å². The maximum Gasteiger partial charge on any atom is 0.337 e. The predicted octanol–water partition coefficient (Wildman–Crippen LogP) is 1.66. The van der Waals surface area contributed by atoms with Gasteiger partial charge in [0.1, 0.15) is 0 Å². The van der Waals surface area contributed by atoms with Crippen molar-refractivity contribution >= 4 is 11.8 Å². The molecular weight excluding hydrogens is 230 g/mol. The van der Waals surface area contributed by atoms with Gasteiger partial charge < -0.3 is 10.1 Å². The van der Waals surface area contributed by atoms with E-state index in [0.29, 0.717) is 11.1 Å². The number of carbonyl (C=O) groups excluding carboxylic acids is 2. The van der Waals surface area contributed by atoms with Crippen LogP contribution in [0.5, 0.6) is 0 Å². The molecule has 1 aliphatic rings. The van der Waals surface area contributed by atoms with Gasteiger partial charge in [0.05, 0.1) is 12.7 Å². The third kappa shape index (κ3) is 2.76. The molecule has 0 bridgehead atoms. The Balaban J connectivity index is 2.17. The molecule has 0 aliphatic carbocycles. The molecule has 0 amide bonds. The van der Waals surface area contributed by atoms with Crippen LogP contribution in [0.25, 0.3) is 0 Å². The molecule has 0 aromatic heterocycles. The van der Waals surface area contributed by atoms with Crippen molar-refractivity contribution in [1.82, 2.24) is 5.32 Å². The molecule has 0 spiro atoms. The van der Waals surface area contributed by atoms with E-state index in [4.69, 9.17) is 0 Å². The van der Waals surface area contributed by atoms with Crippen molar-refractivity contribution in [3.05, 3.63) is 35.4 Å². The Morgan fingerprint density at radius 3 is 2.56 bits per heavy atom. The van der Waals surface area contributed by atoms with Gasteiger partial charge >= 0.3 is 5.97 Å². The zero-order valence-corrected chi connectivity index (χ0v) is 10.4. The van der Waals surface area contributed by atoms with E-state index in [1.165, 1.54) is 7.11 Å². The molecule has 4 nitrogen and oxygen atoms in total. The molecule has 1 aromatic carbocycles. The van der Waals surface area contributed by atoms with Crippen molar-refractivity contribution in [2.45, 2.75) is 12.8 Å². The van der Waals surface area contributed by atoms with E-state index in [1.807, 2.05) is 0 Å². The third-order valence-corrected chi connectivity index (χ3v) is 3.28. The smallest absolute Gasteiger partial charge is 0.337 e. The number of nitrogens with one attached hydrogen (secondary N) is 1. The van der Waals surface area contributed by atoms with Crippen LogP contribution in [-0.2, 0) is 4.74 Å². The highest BCUT2D eigenvalue weighted by Gasteiger charge is 2.22. The minimum Gasteiger partial charge on any atom is -0.465 e. The van der Waals surface area contributed by atoms with Crippen molar-refractivity contribution in [2.75, 3.05) is 20.2 Å². The fourth-order valence-corrected chi connectivity index (χ4v) is 2.24. The first kappa shape index (κ1) is 12.8. The summed E-state index contributed by atoms with van der Waals surface area (Å²) in [4.78, 5) is 23.7. The van der Waals surface area contributed by atoms with Crippen LogP contribution in [0.1, 0.15) is 33.6 Å². The summed E-state index contributed by atoms with van der Waals surface area (Å²) in [6.07, 6.45) is 1.72. The van der Waals surface area contributed by atoms with Crippen LogP contribution in [-0.4, -0.2) is 32.0 Å². The summed E-state index contributed by atoms with van der Waals surface area (Å²) < 4.78 is 4.66. The first-order chi connectivity index (χ1) is 8.72. The Morgan fingerprint density at radius 2 is 1.89 bits per heavy atom. The first-order valence-electron chi connectivity index (χ1n) is 6.15. The van der Waals surface area contributed by atoms with Gasteiger partial charge in [0.15, 0.2) is 5.78 Å². The number of rotatable bonds is 3. The molecule has 1 saturated heterocycles. The Hall–Kier alpha value is -1.68. The predicted molar refractivity (Wildman–Crippen MR) is 67.7 cm³/mol. The minimum absolute atomic E-state index is 0.0687. The van der Waals surface area contributed by atoms with Crippen LogP contribution < -0.4 is 5.32 Å². The van der Waals surface area contributed by atoms with Gasteiger partial charge in [0.25, 0.3) is 0 Å². The molecule has 0 unspecified atom stereocenters. The summed E-state index contributed by atoms with van der Waals surface area (Å²) in [6.45, 7) is 1.76. The molecule has 1 heterocycles. The summed E-state index contributed by atoms with van der Waals surface area (Å²) in [6, 6.07) is 6.76. The molecule has 1 N–H and O–H groups in total. The monoisotopic (exact) mass is 247 g/mol. The number of methoxy groups -OCH3 is 1. The summed E-state index contributed by atoms with van der Waals surface area (Å²) in [5.74, 6) is -0.212. The van der Waals surface area contributed by atoms with E-state index in [0.717, 1.165) is 25.9 Å². The van der Waals surface area contributed by atoms with Gasteiger partial charge in [-0.05, 0) is 38.1 Å². The highest BCUT2D eigenvalue weighted by molar-refractivity contribution is 6.00. The fraction of sp³-hybridized carbons (Fsp3) is 0.429. The Kier molecular flexibility index (Phi) is 4.10. The molecule has 18 heavy (non-hydrogen) atoms. The van der Waals surface area contributed by atoms with Crippen LogP contribution in [0.2, 0.25) is 0 Å². The van der Waals surface area contributed by atoms with Crippen LogP contribution in [0.3, 0.4) is 0 Å². The number of esters is 1. The van der Waals surface area contributed by atoms with E-state index < -0.39 is 5.97 Å². The summed E-state index contributed by atoms with van der Waals surface area (Å²) >= 11 is 0. The lowest BCUT2D eigenvalue weighted by Gasteiger charge is -2.21. The van der Waals surface area contributed by atoms with Crippen molar-refractivity contribution in [2.24, 2.45) is 5.92 Å². The number of ketones is 1. The van der Waals surface area contributed by atoms with Crippen molar-refractivity contribution in [1.29, 1.82) is 0 Å². The molecule has 1 fully saturated rings. The van der Waals surface area contributed by atoms with Crippen molar-refractivity contribution in [3.63, 3.8) is 0 Å². The van der Waals surface area contributed by atoms with Crippen molar-refractivity contribution < 1.29 is 14.3 Å². The van der Waals surface area contributed by atoms with Crippen LogP contribution in [0.4, 0.5) is 0 Å². The van der Waals surface area contributed by atoms with Gasteiger partial charge in [-0.3, -0.25) is 4.79 Å². The van der Waals surface area contributed by atoms with Gasteiger partial charge in [-0.2, -0.15) is 0 Å². The lowest BCUT2D eigenvalue weighted by atomic mass is 9.89. The van der Waals surface area contributed by atoms with Gasteiger partial charge in [0, 0.05) is 11.5 Å². The van der Waals surface area contributed by atoms with Gasteiger partial charge in [-0.1, -0.05) is 12.1 Å². The summed E-state index contributed by atoms with van der Waals surface area (Å²) in [5.41, 5.74) is 1.03. The number of hydrogen-bond donors (Lipinski definition) is 1. The zero-order valence-electron chi connectivity index (χ0n) is 10.4. The van der Waals surface area contributed by atoms with E-state index in [2.05, 4.69) is 10.1 Å². The quantitative estimate of drug-likeness (QED) is 0.652. The Bertz CT molecular complexity index is 450. The average molecular weight is 247 g/mol. The summed E-state index contributed by atoms with van der Waals surface area (Å²) in [5, 5.41) is 3.23. The Morgan fingerprint density at radius 1 is 1.22 bits per heavy atom. The van der Waals surface area contributed by atoms with Gasteiger partial charge in [-0.15, -0.1) is 0 Å². The maximum atomic E-state index is 12.3. The number of ether oxygens (including phenoxy) is 1.